The molecule has 2 aromatic heterocycles. The van der Waals surface area contributed by atoms with Crippen molar-refractivity contribution in [1.29, 1.82) is 0 Å². The molecule has 0 N–H and O–H groups in total. The van der Waals surface area contributed by atoms with Gasteiger partial charge in [0, 0.05) is 32.0 Å². The lowest BCUT2D eigenvalue weighted by Crippen LogP contribution is -2.55. The van der Waals surface area contributed by atoms with E-state index in [4.69, 9.17) is 28.3 Å². The summed E-state index contributed by atoms with van der Waals surface area (Å²) in [5.41, 5.74) is 0.729. The zero-order valence-electron chi connectivity index (χ0n) is 22.6. The van der Waals surface area contributed by atoms with Crippen LogP contribution in [-0.2, 0) is 9.53 Å². The number of likely N-dealkylation sites (tertiary alicyclic amines) is 1. The number of anilines is 2. The number of aromatic nitrogens is 2. The van der Waals surface area contributed by atoms with Crippen LogP contribution in [-0.4, -0.2) is 62.3 Å². The molecule has 2 saturated heterocycles. The number of rotatable bonds is 4. The van der Waals surface area contributed by atoms with Crippen molar-refractivity contribution in [3.05, 3.63) is 47.6 Å². The van der Waals surface area contributed by atoms with Crippen LogP contribution in [0.25, 0.3) is 4.85 Å². The fraction of sp³-hybridized carbons (Fsp3) is 0.500. The Hall–Kier alpha value is -3.78. The van der Waals surface area contributed by atoms with Crippen molar-refractivity contribution >= 4 is 46.5 Å². The highest BCUT2D eigenvalue weighted by Crippen LogP contribution is 2.48. The first-order valence-corrected chi connectivity index (χ1v) is 13.6. The van der Waals surface area contributed by atoms with Gasteiger partial charge in [-0.15, -0.1) is 4.98 Å². The summed E-state index contributed by atoms with van der Waals surface area (Å²) in [6.07, 6.45) is 6.57. The van der Waals surface area contributed by atoms with Gasteiger partial charge in [0.1, 0.15) is 23.4 Å². The molecule has 2 amide bonds. The molecular formula is C28H32N6O4S. The molecule has 3 aliphatic rings. The molecule has 0 atom stereocenters. The molecule has 2 aliphatic heterocycles. The fourth-order valence-electron chi connectivity index (χ4n) is 5.23. The smallest absolute Gasteiger partial charge is 0.410 e. The molecule has 1 saturated carbocycles. The Morgan fingerprint density at radius 1 is 1.15 bits per heavy atom. The molecule has 0 radical (unpaired) electrons. The third kappa shape index (κ3) is 5.01. The van der Waals surface area contributed by atoms with Crippen LogP contribution >= 0.6 is 12.2 Å². The van der Waals surface area contributed by atoms with Gasteiger partial charge in [0.15, 0.2) is 5.11 Å². The quantitative estimate of drug-likeness (QED) is 0.382. The number of piperidine rings is 1. The number of pyridine rings is 2. The zero-order valence-corrected chi connectivity index (χ0v) is 23.5. The van der Waals surface area contributed by atoms with Crippen molar-refractivity contribution in [1.82, 2.24) is 14.9 Å². The average molecular weight is 549 g/mol. The average Bonchev–Trinajstić information content (AvgIpc) is 3.10. The van der Waals surface area contributed by atoms with E-state index < -0.39 is 11.1 Å². The second kappa shape index (κ2) is 10.1. The van der Waals surface area contributed by atoms with Crippen LogP contribution in [0.3, 0.4) is 0 Å². The maximum Gasteiger partial charge on any atom is 0.410 e. The SMILES string of the molecule is [C-]#[N+]c1ncc(N2C(=O)C3(CCC3)N(c3ccc(OC4CCN(C(=O)OC(C)(C)C)CC4)nc3)C2=S)cc1C. The Balaban J connectivity index is 1.27. The number of thiocarbonyl (C=S) groups is 1. The number of nitrogens with zero attached hydrogens (tertiary/aromatic N) is 6. The van der Waals surface area contributed by atoms with E-state index in [0.717, 1.165) is 12.1 Å². The Kier molecular flexibility index (Phi) is 6.93. The Morgan fingerprint density at radius 3 is 2.38 bits per heavy atom. The summed E-state index contributed by atoms with van der Waals surface area (Å²) in [7, 11) is 0. The van der Waals surface area contributed by atoms with Crippen molar-refractivity contribution < 1.29 is 19.1 Å². The highest BCUT2D eigenvalue weighted by molar-refractivity contribution is 7.81. The van der Waals surface area contributed by atoms with Gasteiger partial charge in [0.2, 0.25) is 5.88 Å². The molecule has 3 fully saturated rings. The molecule has 39 heavy (non-hydrogen) atoms. The topological polar surface area (TPSA) is 92.5 Å². The van der Waals surface area contributed by atoms with E-state index in [2.05, 4.69) is 14.8 Å². The molecule has 10 nitrogen and oxygen atoms in total. The normalized spacial score (nSPS) is 19.2. The predicted octanol–water partition coefficient (Wildman–Crippen LogP) is 5.17. The summed E-state index contributed by atoms with van der Waals surface area (Å²) >= 11 is 5.83. The second-order valence-electron chi connectivity index (χ2n) is 11.2. The van der Waals surface area contributed by atoms with Crippen LogP contribution in [0.4, 0.5) is 22.0 Å². The Labute approximate surface area is 233 Å². The first-order valence-electron chi connectivity index (χ1n) is 13.2. The molecule has 0 unspecified atom stereocenters. The number of aryl methyl sites for hydroxylation is 1. The summed E-state index contributed by atoms with van der Waals surface area (Å²) in [4.78, 5) is 43.3. The second-order valence-corrected chi connectivity index (χ2v) is 11.6. The molecule has 4 heterocycles. The number of hydrogen-bond donors (Lipinski definition) is 0. The highest BCUT2D eigenvalue weighted by atomic mass is 32.1. The molecule has 1 aliphatic carbocycles. The van der Waals surface area contributed by atoms with Crippen molar-refractivity contribution in [3.8, 4) is 5.88 Å². The lowest BCUT2D eigenvalue weighted by molar-refractivity contribution is -0.123. The number of hydrogen-bond acceptors (Lipinski definition) is 7. The fourth-order valence-corrected chi connectivity index (χ4v) is 5.70. The number of amides is 2. The van der Waals surface area contributed by atoms with Crippen molar-refractivity contribution in [2.24, 2.45) is 0 Å². The van der Waals surface area contributed by atoms with E-state index in [9.17, 15) is 9.59 Å². The van der Waals surface area contributed by atoms with Gasteiger partial charge < -0.3 is 24.1 Å². The lowest BCUT2D eigenvalue weighted by atomic mass is 9.75. The minimum absolute atomic E-state index is 0.0564. The maximum atomic E-state index is 13.7. The van der Waals surface area contributed by atoms with Crippen molar-refractivity contribution in [2.75, 3.05) is 22.9 Å². The van der Waals surface area contributed by atoms with Crippen LogP contribution in [0.2, 0.25) is 0 Å². The van der Waals surface area contributed by atoms with Crippen LogP contribution in [0, 0.1) is 13.5 Å². The van der Waals surface area contributed by atoms with Gasteiger partial charge in [-0.05, 0) is 76.9 Å². The minimum Gasteiger partial charge on any atom is -0.474 e. The standard InChI is InChI=1S/C28H32N6O4S/c1-18-15-20(17-31-23(18)29-5)33-24(35)28(11-6-12-28)34(25(33)39)19-7-8-22(30-16-19)37-21-9-13-32(14-10-21)26(36)38-27(2,3)4/h7-8,15-17,21H,6,9-14H2,1-4H3. The van der Waals surface area contributed by atoms with Gasteiger partial charge >= 0.3 is 6.09 Å². The molecule has 0 aromatic carbocycles. The molecule has 204 valence electrons. The number of carbonyl (C=O) groups excluding carboxylic acids is 2. The van der Waals surface area contributed by atoms with Gasteiger partial charge in [0.05, 0.1) is 17.6 Å². The summed E-state index contributed by atoms with van der Waals surface area (Å²) in [6.45, 7) is 15.7. The van der Waals surface area contributed by atoms with Crippen LogP contribution < -0.4 is 14.5 Å². The van der Waals surface area contributed by atoms with E-state index >= 15 is 0 Å². The van der Waals surface area contributed by atoms with Gasteiger partial charge in [-0.2, -0.15) is 0 Å². The summed E-state index contributed by atoms with van der Waals surface area (Å²) in [5.74, 6) is 0.717. The van der Waals surface area contributed by atoms with E-state index in [1.54, 1.807) is 30.2 Å². The monoisotopic (exact) mass is 548 g/mol. The number of ether oxygens (including phenoxy) is 2. The molecular weight excluding hydrogens is 516 g/mol. The Morgan fingerprint density at radius 2 is 1.85 bits per heavy atom. The highest BCUT2D eigenvalue weighted by Gasteiger charge is 2.59. The first-order chi connectivity index (χ1) is 18.5. The van der Waals surface area contributed by atoms with Crippen LogP contribution in [0.1, 0.15) is 58.4 Å². The summed E-state index contributed by atoms with van der Waals surface area (Å²) in [6, 6.07) is 5.46. The zero-order chi connectivity index (χ0) is 27.9. The maximum absolute atomic E-state index is 13.7. The first kappa shape index (κ1) is 26.8. The van der Waals surface area contributed by atoms with Crippen LogP contribution in [0.15, 0.2) is 30.6 Å². The molecule has 0 bridgehead atoms. The molecule has 1 spiro atoms. The molecule has 5 rings (SSSR count). The predicted molar refractivity (Wildman–Crippen MR) is 150 cm³/mol. The molecule has 11 heteroatoms. The summed E-state index contributed by atoms with van der Waals surface area (Å²) < 4.78 is 11.6. The van der Waals surface area contributed by atoms with E-state index in [1.165, 1.54) is 11.1 Å². The summed E-state index contributed by atoms with van der Waals surface area (Å²) in [5, 5.41) is 0.376. The molecule has 2 aromatic rings. The van der Waals surface area contributed by atoms with Crippen molar-refractivity contribution in [3.63, 3.8) is 0 Å². The third-order valence-electron chi connectivity index (χ3n) is 7.35. The minimum atomic E-state index is -0.734. The van der Waals surface area contributed by atoms with Crippen LogP contribution in [0.5, 0.6) is 5.88 Å². The van der Waals surface area contributed by atoms with Gasteiger partial charge in [0.25, 0.3) is 11.7 Å². The van der Waals surface area contributed by atoms with E-state index in [-0.39, 0.29) is 18.1 Å². The lowest BCUT2D eigenvalue weighted by Gasteiger charge is -2.42. The third-order valence-corrected chi connectivity index (χ3v) is 7.72. The van der Waals surface area contributed by atoms with Gasteiger partial charge in [-0.25, -0.2) is 9.78 Å². The van der Waals surface area contributed by atoms with Crippen molar-refractivity contribution in [2.45, 2.75) is 77.0 Å². The Bertz CT molecular complexity index is 1340. The van der Waals surface area contributed by atoms with E-state index in [1.807, 2.05) is 31.7 Å². The number of carbonyl (C=O) groups is 2. The van der Waals surface area contributed by atoms with Gasteiger partial charge in [-0.3, -0.25) is 9.69 Å². The largest absolute Gasteiger partial charge is 0.474 e. The van der Waals surface area contributed by atoms with Gasteiger partial charge in [-0.1, -0.05) is 6.57 Å². The van der Waals surface area contributed by atoms with E-state index in [0.29, 0.717) is 66.8 Å².